The molecule has 0 bridgehead atoms. The third-order valence-corrected chi connectivity index (χ3v) is 6.54. The Bertz CT molecular complexity index is 1330. The van der Waals surface area contributed by atoms with Crippen molar-refractivity contribution >= 4 is 44.0 Å². The summed E-state index contributed by atoms with van der Waals surface area (Å²) in [6.07, 6.45) is 9.54. The van der Waals surface area contributed by atoms with E-state index in [2.05, 4.69) is 37.7 Å². The first-order valence-electron chi connectivity index (χ1n) is 10.4. The monoisotopic (exact) mass is 462 g/mol. The molecule has 0 N–H and O–H groups in total. The molecule has 30 heavy (non-hydrogen) atoms. The summed E-state index contributed by atoms with van der Waals surface area (Å²) >= 11 is 3.47. The molecule has 5 rings (SSSR count). The predicted molar refractivity (Wildman–Crippen MR) is 125 cm³/mol. The maximum Gasteiger partial charge on any atom is 0.282 e. The minimum atomic E-state index is -0.113. The van der Waals surface area contributed by atoms with Gasteiger partial charge in [-0.3, -0.25) is 4.79 Å². The molecule has 1 aliphatic rings. The van der Waals surface area contributed by atoms with Crippen LogP contribution in [0.5, 0.6) is 0 Å². The molecule has 0 unspecified atom stereocenters. The summed E-state index contributed by atoms with van der Waals surface area (Å²) in [7, 11) is 2.02. The molecular formula is C24H23BrN4O. The molecule has 2 aromatic heterocycles. The van der Waals surface area contributed by atoms with Crippen LogP contribution in [0, 0.1) is 0 Å². The summed E-state index contributed by atoms with van der Waals surface area (Å²) in [5, 5.41) is 6.38. The van der Waals surface area contributed by atoms with E-state index in [0.717, 1.165) is 45.1 Å². The number of benzene rings is 2. The average molecular weight is 463 g/mol. The minimum absolute atomic E-state index is 0.113. The molecule has 4 aromatic rings. The van der Waals surface area contributed by atoms with E-state index in [1.165, 1.54) is 23.9 Å². The van der Waals surface area contributed by atoms with Crippen molar-refractivity contribution in [1.29, 1.82) is 0 Å². The largest absolute Gasteiger partial charge is 0.350 e. The number of hydrogen-bond acceptors (Lipinski definition) is 3. The highest BCUT2D eigenvalue weighted by Gasteiger charge is 2.22. The lowest BCUT2D eigenvalue weighted by molar-refractivity contribution is 0.416. The quantitative estimate of drug-likeness (QED) is 0.373. The first-order valence-corrected chi connectivity index (χ1v) is 11.2. The van der Waals surface area contributed by atoms with Crippen LogP contribution in [-0.4, -0.2) is 20.4 Å². The van der Waals surface area contributed by atoms with Crippen LogP contribution in [0.25, 0.3) is 21.8 Å². The van der Waals surface area contributed by atoms with E-state index < -0.39 is 0 Å². The molecule has 2 heterocycles. The van der Waals surface area contributed by atoms with Gasteiger partial charge in [-0.2, -0.15) is 9.78 Å². The second-order valence-corrected chi connectivity index (χ2v) is 8.96. The van der Waals surface area contributed by atoms with Crippen molar-refractivity contribution in [2.45, 2.75) is 38.0 Å². The van der Waals surface area contributed by atoms with Crippen LogP contribution in [0.4, 0.5) is 0 Å². The Labute approximate surface area is 183 Å². The number of aryl methyl sites for hydroxylation is 1. The fourth-order valence-corrected chi connectivity index (χ4v) is 4.86. The number of aromatic nitrogens is 3. The standard InChI is InChI=1S/C24H23BrN4O/c1-28-15-17(19-9-5-6-10-22(19)28)14-26-29-23(16-7-3-2-4-8-16)27-21-12-11-18(25)13-20(21)24(29)30/h5-6,9-16H,2-4,7-8H2,1H3. The molecular weight excluding hydrogens is 440 g/mol. The number of halogens is 1. The molecule has 0 saturated heterocycles. The molecule has 0 spiro atoms. The van der Waals surface area contributed by atoms with Gasteiger partial charge in [-0.1, -0.05) is 53.4 Å². The number of para-hydroxylation sites is 1. The summed E-state index contributed by atoms with van der Waals surface area (Å²) in [5.74, 6) is 1.05. The molecule has 5 nitrogen and oxygen atoms in total. The first kappa shape index (κ1) is 19.2. The predicted octanol–water partition coefficient (Wildman–Crippen LogP) is 5.58. The molecule has 1 aliphatic carbocycles. The van der Waals surface area contributed by atoms with Gasteiger partial charge in [0.05, 0.1) is 17.1 Å². The van der Waals surface area contributed by atoms with Gasteiger partial charge >= 0.3 is 0 Å². The van der Waals surface area contributed by atoms with Gasteiger partial charge in [-0.15, -0.1) is 0 Å². The summed E-state index contributed by atoms with van der Waals surface area (Å²) < 4.78 is 4.48. The molecule has 1 fully saturated rings. The fraction of sp³-hybridized carbons (Fsp3) is 0.292. The number of nitrogens with zero attached hydrogens (tertiary/aromatic N) is 4. The fourth-order valence-electron chi connectivity index (χ4n) is 4.50. The van der Waals surface area contributed by atoms with Gasteiger partial charge in [0.1, 0.15) is 5.82 Å². The van der Waals surface area contributed by atoms with E-state index in [9.17, 15) is 4.79 Å². The van der Waals surface area contributed by atoms with E-state index in [0.29, 0.717) is 5.39 Å². The summed E-state index contributed by atoms with van der Waals surface area (Å²) in [6.45, 7) is 0. The van der Waals surface area contributed by atoms with Gasteiger partial charge < -0.3 is 4.57 Å². The van der Waals surface area contributed by atoms with Crippen molar-refractivity contribution < 1.29 is 0 Å². The molecule has 2 aromatic carbocycles. The Hall–Kier alpha value is -2.73. The van der Waals surface area contributed by atoms with Crippen molar-refractivity contribution in [3.8, 4) is 0 Å². The smallest absolute Gasteiger partial charge is 0.282 e. The third-order valence-electron chi connectivity index (χ3n) is 6.04. The zero-order valence-electron chi connectivity index (χ0n) is 16.9. The highest BCUT2D eigenvalue weighted by atomic mass is 79.9. The van der Waals surface area contributed by atoms with Crippen LogP contribution >= 0.6 is 15.9 Å². The summed E-state index contributed by atoms with van der Waals surface area (Å²) in [5.41, 5.74) is 2.75. The average Bonchev–Trinajstić information content (AvgIpc) is 3.10. The lowest BCUT2D eigenvalue weighted by atomic mass is 9.88. The van der Waals surface area contributed by atoms with E-state index in [-0.39, 0.29) is 11.5 Å². The van der Waals surface area contributed by atoms with E-state index in [4.69, 9.17) is 4.98 Å². The van der Waals surface area contributed by atoms with Crippen molar-refractivity contribution in [3.05, 3.63) is 74.9 Å². The maximum atomic E-state index is 13.4. The normalized spacial score (nSPS) is 15.5. The Balaban J connectivity index is 1.68. The topological polar surface area (TPSA) is 52.2 Å². The van der Waals surface area contributed by atoms with Crippen LogP contribution in [0.3, 0.4) is 0 Å². The molecule has 0 atom stereocenters. The van der Waals surface area contributed by atoms with E-state index in [1.807, 2.05) is 43.6 Å². The zero-order chi connectivity index (χ0) is 20.7. The van der Waals surface area contributed by atoms with Crippen LogP contribution < -0.4 is 5.56 Å². The second kappa shape index (κ2) is 7.84. The van der Waals surface area contributed by atoms with Crippen LogP contribution in [-0.2, 0) is 7.05 Å². The SMILES string of the molecule is Cn1cc(C=Nn2c(C3CCCCC3)nc3ccc(Br)cc3c2=O)c2ccccc21. The zero-order valence-corrected chi connectivity index (χ0v) is 18.5. The molecule has 0 amide bonds. The van der Waals surface area contributed by atoms with Gasteiger partial charge in [-0.05, 0) is 37.1 Å². The molecule has 6 heteroatoms. The van der Waals surface area contributed by atoms with Crippen molar-refractivity contribution in [2.24, 2.45) is 12.1 Å². The van der Waals surface area contributed by atoms with Gasteiger partial charge in [-0.25, -0.2) is 4.98 Å². The van der Waals surface area contributed by atoms with Gasteiger partial charge in [0, 0.05) is 40.1 Å². The number of fused-ring (bicyclic) bond motifs is 2. The number of rotatable bonds is 3. The first-order chi connectivity index (χ1) is 14.6. The highest BCUT2D eigenvalue weighted by Crippen LogP contribution is 2.32. The van der Waals surface area contributed by atoms with Crippen molar-refractivity contribution in [3.63, 3.8) is 0 Å². The van der Waals surface area contributed by atoms with Gasteiger partial charge in [0.2, 0.25) is 0 Å². The Kier molecular flexibility index (Phi) is 5.03. The van der Waals surface area contributed by atoms with Gasteiger partial charge in [0.25, 0.3) is 5.56 Å². The van der Waals surface area contributed by atoms with E-state index >= 15 is 0 Å². The Morgan fingerprint density at radius 3 is 2.73 bits per heavy atom. The van der Waals surface area contributed by atoms with Crippen molar-refractivity contribution in [2.75, 3.05) is 0 Å². The van der Waals surface area contributed by atoms with E-state index in [1.54, 1.807) is 6.21 Å². The lowest BCUT2D eigenvalue weighted by Gasteiger charge is -2.22. The highest BCUT2D eigenvalue weighted by molar-refractivity contribution is 9.10. The minimum Gasteiger partial charge on any atom is -0.350 e. The molecule has 0 aliphatic heterocycles. The maximum absolute atomic E-state index is 13.4. The second-order valence-electron chi connectivity index (χ2n) is 8.04. The van der Waals surface area contributed by atoms with Crippen LogP contribution in [0.1, 0.15) is 49.4 Å². The molecule has 1 saturated carbocycles. The molecule has 152 valence electrons. The lowest BCUT2D eigenvalue weighted by Crippen LogP contribution is -2.25. The molecule has 0 radical (unpaired) electrons. The van der Waals surface area contributed by atoms with Crippen LogP contribution in [0.2, 0.25) is 0 Å². The van der Waals surface area contributed by atoms with Gasteiger partial charge in [0.15, 0.2) is 0 Å². The summed E-state index contributed by atoms with van der Waals surface area (Å²) in [4.78, 5) is 18.3. The van der Waals surface area contributed by atoms with Crippen molar-refractivity contribution in [1.82, 2.24) is 14.2 Å². The Morgan fingerprint density at radius 1 is 1.10 bits per heavy atom. The number of hydrogen-bond donors (Lipinski definition) is 0. The summed E-state index contributed by atoms with van der Waals surface area (Å²) in [6, 6.07) is 13.9. The van der Waals surface area contributed by atoms with Crippen LogP contribution in [0.15, 0.2) is 63.0 Å². The Morgan fingerprint density at radius 2 is 1.90 bits per heavy atom. The third kappa shape index (κ3) is 3.39.